The molecule has 1 atom stereocenters. The van der Waals surface area contributed by atoms with Gasteiger partial charge in [-0.15, -0.1) is 0 Å². The molecule has 19 heavy (non-hydrogen) atoms. The Labute approximate surface area is 115 Å². The summed E-state index contributed by atoms with van der Waals surface area (Å²) in [5.41, 5.74) is -0.726. The first-order valence-corrected chi connectivity index (χ1v) is 6.68. The summed E-state index contributed by atoms with van der Waals surface area (Å²) >= 11 is 0. The van der Waals surface area contributed by atoms with Crippen LogP contribution in [0.1, 0.15) is 47.0 Å². The van der Waals surface area contributed by atoms with Crippen molar-refractivity contribution in [1.29, 1.82) is 0 Å². The molecule has 0 bridgehead atoms. The van der Waals surface area contributed by atoms with Crippen molar-refractivity contribution in [2.75, 3.05) is 13.7 Å². The standard InChI is InChI=1S/C14H25NO4/c1-13(2,3)19-12(17)15-10(9-18-5)8-11(16)14(4)6-7-14/h10H,6-9H2,1-5H3,(H,15,17). The van der Waals surface area contributed by atoms with Crippen LogP contribution >= 0.6 is 0 Å². The van der Waals surface area contributed by atoms with Crippen molar-refractivity contribution in [3.63, 3.8) is 0 Å². The molecule has 5 nitrogen and oxygen atoms in total. The Morgan fingerprint density at radius 3 is 2.32 bits per heavy atom. The predicted molar refractivity (Wildman–Crippen MR) is 72.0 cm³/mol. The predicted octanol–water partition coefficient (Wildman–Crippen LogP) is 2.29. The van der Waals surface area contributed by atoms with Gasteiger partial charge in [-0.2, -0.15) is 0 Å². The van der Waals surface area contributed by atoms with E-state index in [0.717, 1.165) is 12.8 Å². The van der Waals surface area contributed by atoms with Crippen LogP contribution in [0.4, 0.5) is 4.79 Å². The highest BCUT2D eigenvalue weighted by Gasteiger charge is 2.44. The Kier molecular flexibility index (Phi) is 4.96. The van der Waals surface area contributed by atoms with Crippen molar-refractivity contribution in [2.45, 2.75) is 58.6 Å². The molecule has 1 fully saturated rings. The molecule has 1 rings (SSSR count). The SMILES string of the molecule is COCC(CC(=O)C1(C)CC1)NC(=O)OC(C)(C)C. The van der Waals surface area contributed by atoms with Gasteiger partial charge in [0.05, 0.1) is 12.6 Å². The zero-order valence-electron chi connectivity index (χ0n) is 12.5. The highest BCUT2D eigenvalue weighted by molar-refractivity contribution is 5.87. The van der Waals surface area contributed by atoms with Gasteiger partial charge in [0.15, 0.2) is 0 Å². The second-order valence-electron chi connectivity index (χ2n) is 6.49. The van der Waals surface area contributed by atoms with E-state index in [1.807, 2.05) is 6.92 Å². The number of carbonyl (C=O) groups excluding carboxylic acids is 2. The molecule has 110 valence electrons. The fourth-order valence-electron chi connectivity index (χ4n) is 1.76. The quantitative estimate of drug-likeness (QED) is 0.805. The maximum Gasteiger partial charge on any atom is 0.407 e. The minimum Gasteiger partial charge on any atom is -0.444 e. The molecule has 0 spiro atoms. The number of methoxy groups -OCH3 is 1. The minimum absolute atomic E-state index is 0.179. The fourth-order valence-corrected chi connectivity index (χ4v) is 1.76. The van der Waals surface area contributed by atoms with Crippen LogP contribution in [0.15, 0.2) is 0 Å². The largest absolute Gasteiger partial charge is 0.444 e. The number of amides is 1. The van der Waals surface area contributed by atoms with Gasteiger partial charge in [-0.3, -0.25) is 4.79 Å². The van der Waals surface area contributed by atoms with Gasteiger partial charge < -0.3 is 14.8 Å². The van der Waals surface area contributed by atoms with E-state index < -0.39 is 11.7 Å². The van der Waals surface area contributed by atoms with Gasteiger partial charge in [0.2, 0.25) is 0 Å². The summed E-state index contributed by atoms with van der Waals surface area (Å²) < 4.78 is 10.2. The Morgan fingerprint density at radius 2 is 1.89 bits per heavy atom. The van der Waals surface area contributed by atoms with Crippen molar-refractivity contribution >= 4 is 11.9 Å². The van der Waals surface area contributed by atoms with Crippen LogP contribution in [0.2, 0.25) is 0 Å². The van der Waals surface area contributed by atoms with Gasteiger partial charge >= 0.3 is 6.09 Å². The maximum absolute atomic E-state index is 12.0. The molecule has 5 heteroatoms. The number of rotatable bonds is 6. The van der Waals surface area contributed by atoms with Crippen LogP contribution in [-0.4, -0.2) is 37.2 Å². The van der Waals surface area contributed by atoms with Gasteiger partial charge in [-0.05, 0) is 33.6 Å². The summed E-state index contributed by atoms with van der Waals surface area (Å²) in [7, 11) is 1.55. The zero-order valence-corrected chi connectivity index (χ0v) is 12.5. The van der Waals surface area contributed by atoms with Crippen LogP contribution in [-0.2, 0) is 14.3 Å². The first-order chi connectivity index (χ1) is 8.66. The number of carbonyl (C=O) groups is 2. The van der Waals surface area contributed by atoms with Crippen molar-refractivity contribution < 1.29 is 19.1 Å². The highest BCUT2D eigenvalue weighted by atomic mass is 16.6. The maximum atomic E-state index is 12.0. The van der Waals surface area contributed by atoms with Crippen LogP contribution in [0.3, 0.4) is 0 Å². The Balaban J connectivity index is 2.48. The summed E-state index contributed by atoms with van der Waals surface area (Å²) in [4.78, 5) is 23.7. The monoisotopic (exact) mass is 271 g/mol. The van der Waals surface area contributed by atoms with Gasteiger partial charge in [0.1, 0.15) is 11.4 Å². The number of ether oxygens (including phenoxy) is 2. The smallest absolute Gasteiger partial charge is 0.407 e. The average Bonchev–Trinajstić information content (AvgIpc) is 2.95. The lowest BCUT2D eigenvalue weighted by Gasteiger charge is -2.23. The third-order valence-electron chi connectivity index (χ3n) is 3.19. The molecule has 0 aliphatic heterocycles. The fraction of sp³-hybridized carbons (Fsp3) is 0.857. The number of alkyl carbamates (subject to hydrolysis) is 1. The Morgan fingerprint density at radius 1 is 1.32 bits per heavy atom. The summed E-state index contributed by atoms with van der Waals surface area (Å²) in [6, 6.07) is -0.329. The number of hydrogen-bond donors (Lipinski definition) is 1. The van der Waals surface area contributed by atoms with E-state index in [9.17, 15) is 9.59 Å². The lowest BCUT2D eigenvalue weighted by Crippen LogP contribution is -2.43. The summed E-state index contributed by atoms with van der Waals surface area (Å²) in [5.74, 6) is 0.186. The number of ketones is 1. The summed E-state index contributed by atoms with van der Waals surface area (Å²) in [6.07, 6.45) is 1.67. The van der Waals surface area contributed by atoms with Crippen molar-refractivity contribution in [3.8, 4) is 0 Å². The van der Waals surface area contributed by atoms with E-state index in [2.05, 4.69) is 5.32 Å². The van der Waals surface area contributed by atoms with Crippen molar-refractivity contribution in [1.82, 2.24) is 5.32 Å². The zero-order chi connectivity index (χ0) is 14.7. The first-order valence-electron chi connectivity index (χ1n) is 6.68. The molecule has 0 aromatic heterocycles. The van der Waals surface area contributed by atoms with Gasteiger partial charge in [-0.1, -0.05) is 6.92 Å². The van der Waals surface area contributed by atoms with E-state index in [1.165, 1.54) is 0 Å². The third kappa shape index (κ3) is 5.59. The molecule has 0 aromatic carbocycles. The molecule has 1 unspecified atom stereocenters. The lowest BCUT2D eigenvalue weighted by molar-refractivity contribution is -0.124. The lowest BCUT2D eigenvalue weighted by atomic mass is 9.98. The van der Waals surface area contributed by atoms with E-state index in [4.69, 9.17) is 9.47 Å². The van der Waals surface area contributed by atoms with Gasteiger partial charge in [-0.25, -0.2) is 4.79 Å². The Bertz CT molecular complexity index is 342. The molecule has 0 saturated heterocycles. The number of Topliss-reactive ketones (excluding diaryl/α,β-unsaturated/α-hetero) is 1. The second kappa shape index (κ2) is 5.90. The molecular formula is C14H25NO4. The van der Waals surface area contributed by atoms with Gasteiger partial charge in [0.25, 0.3) is 0 Å². The Hall–Kier alpha value is -1.10. The highest BCUT2D eigenvalue weighted by Crippen LogP contribution is 2.46. The molecule has 1 aliphatic rings. The molecule has 1 saturated carbocycles. The van der Waals surface area contributed by atoms with Gasteiger partial charge in [0, 0.05) is 18.9 Å². The van der Waals surface area contributed by atoms with Crippen LogP contribution in [0, 0.1) is 5.41 Å². The van der Waals surface area contributed by atoms with Crippen LogP contribution in [0.25, 0.3) is 0 Å². The normalized spacial score (nSPS) is 18.6. The molecule has 1 aliphatic carbocycles. The second-order valence-corrected chi connectivity index (χ2v) is 6.49. The van der Waals surface area contributed by atoms with Crippen molar-refractivity contribution in [3.05, 3.63) is 0 Å². The number of nitrogens with one attached hydrogen (secondary N) is 1. The van der Waals surface area contributed by atoms with E-state index >= 15 is 0 Å². The van der Waals surface area contributed by atoms with Crippen LogP contribution < -0.4 is 5.32 Å². The molecule has 1 amide bonds. The van der Waals surface area contributed by atoms with Crippen molar-refractivity contribution in [2.24, 2.45) is 5.41 Å². The van der Waals surface area contributed by atoms with Crippen LogP contribution in [0.5, 0.6) is 0 Å². The average molecular weight is 271 g/mol. The summed E-state index contributed by atoms with van der Waals surface area (Å²) in [5, 5.41) is 2.70. The van der Waals surface area contributed by atoms with E-state index in [-0.39, 0.29) is 17.2 Å². The molecule has 0 aromatic rings. The number of hydrogen-bond acceptors (Lipinski definition) is 4. The summed E-state index contributed by atoms with van der Waals surface area (Å²) in [6.45, 7) is 7.67. The van der Waals surface area contributed by atoms with E-state index in [1.54, 1.807) is 27.9 Å². The molecule has 0 heterocycles. The minimum atomic E-state index is -0.547. The molecule has 1 N–H and O–H groups in total. The molecular weight excluding hydrogens is 246 g/mol. The third-order valence-corrected chi connectivity index (χ3v) is 3.19. The first kappa shape index (κ1) is 16.0. The van der Waals surface area contributed by atoms with E-state index in [0.29, 0.717) is 13.0 Å². The topological polar surface area (TPSA) is 64.6 Å². The molecule has 0 radical (unpaired) electrons.